The first-order valence-electron chi connectivity index (χ1n) is 5.23. The van der Waals surface area contributed by atoms with Crippen LogP contribution in [-0.2, 0) is 4.74 Å². The Morgan fingerprint density at radius 1 is 0.882 bits per heavy atom. The molecule has 0 atom stereocenters. The van der Waals surface area contributed by atoms with Gasteiger partial charge in [-0.1, -0.05) is 60.7 Å². The van der Waals surface area contributed by atoms with Gasteiger partial charge in [-0.2, -0.15) is 0 Å². The average molecular weight is 338 g/mol. The lowest BCUT2D eigenvalue weighted by Crippen LogP contribution is -2.07. The summed E-state index contributed by atoms with van der Waals surface area (Å²) in [5.74, 6) is 0. The summed E-state index contributed by atoms with van der Waals surface area (Å²) in [5.41, 5.74) is 1.95. The summed E-state index contributed by atoms with van der Waals surface area (Å²) < 4.78 is 5.06. The molecule has 3 heteroatoms. The zero-order valence-electron chi connectivity index (χ0n) is 9.05. The van der Waals surface area contributed by atoms with E-state index in [4.69, 9.17) is 4.74 Å². The molecule has 0 aliphatic heterocycles. The number of rotatable bonds is 3. The van der Waals surface area contributed by atoms with E-state index in [1.54, 1.807) is 22.6 Å². The van der Waals surface area contributed by atoms with Crippen LogP contribution in [0.25, 0.3) is 0 Å². The van der Waals surface area contributed by atoms with Crippen molar-refractivity contribution >= 4 is 26.6 Å². The maximum absolute atomic E-state index is 11.2. The highest BCUT2D eigenvalue weighted by Crippen LogP contribution is 2.26. The molecule has 0 spiro atoms. The summed E-state index contributed by atoms with van der Waals surface area (Å²) in [7, 11) is 0. The average Bonchev–Trinajstić information content (AvgIpc) is 2.38. The Labute approximate surface area is 114 Å². The van der Waals surface area contributed by atoms with Gasteiger partial charge in [-0.25, -0.2) is 4.79 Å². The Morgan fingerprint density at radius 3 is 1.65 bits per heavy atom. The lowest BCUT2D eigenvalue weighted by molar-refractivity contribution is 0.147. The summed E-state index contributed by atoms with van der Waals surface area (Å²) in [4.78, 5) is 11.2. The Kier molecular flexibility index (Phi) is 4.14. The first-order chi connectivity index (χ1) is 8.27. The molecule has 2 aromatic carbocycles. The van der Waals surface area contributed by atoms with Crippen molar-refractivity contribution in [1.29, 1.82) is 0 Å². The minimum absolute atomic E-state index is 0.305. The number of ether oxygens (including phenoxy) is 1. The van der Waals surface area contributed by atoms with Crippen molar-refractivity contribution in [2.75, 3.05) is 0 Å². The van der Waals surface area contributed by atoms with Gasteiger partial charge in [-0.05, 0) is 11.1 Å². The molecular formula is C14H11IO2. The van der Waals surface area contributed by atoms with E-state index in [0.717, 1.165) is 11.1 Å². The monoisotopic (exact) mass is 338 g/mol. The predicted molar refractivity (Wildman–Crippen MR) is 75.2 cm³/mol. The van der Waals surface area contributed by atoms with Crippen LogP contribution in [-0.4, -0.2) is 3.98 Å². The van der Waals surface area contributed by atoms with Gasteiger partial charge in [-0.3, -0.25) is 0 Å². The van der Waals surface area contributed by atoms with Gasteiger partial charge in [0, 0.05) is 0 Å². The van der Waals surface area contributed by atoms with E-state index in [0.29, 0.717) is 0 Å². The fourth-order valence-electron chi connectivity index (χ4n) is 1.68. The Hall–Kier alpha value is -1.36. The molecule has 2 aromatic rings. The largest absolute Gasteiger partial charge is 0.445 e. The quantitative estimate of drug-likeness (QED) is 0.614. The van der Waals surface area contributed by atoms with Gasteiger partial charge in [-0.15, -0.1) is 0 Å². The van der Waals surface area contributed by atoms with Crippen LogP contribution in [0.3, 0.4) is 0 Å². The zero-order valence-corrected chi connectivity index (χ0v) is 11.2. The van der Waals surface area contributed by atoms with Crippen molar-refractivity contribution in [3.8, 4) is 0 Å². The van der Waals surface area contributed by atoms with Crippen LogP contribution in [0.4, 0.5) is 4.79 Å². The highest BCUT2D eigenvalue weighted by Gasteiger charge is 2.16. The maximum atomic E-state index is 11.2. The van der Waals surface area contributed by atoms with Gasteiger partial charge in [0.1, 0.15) is 0 Å². The second-order valence-corrected chi connectivity index (χ2v) is 4.44. The molecule has 0 saturated carbocycles. The van der Waals surface area contributed by atoms with Gasteiger partial charge in [0.05, 0.1) is 22.6 Å². The summed E-state index contributed by atoms with van der Waals surface area (Å²) in [6.07, 6.45) is -0.332. The molecule has 0 aliphatic carbocycles. The lowest BCUT2D eigenvalue weighted by atomic mass is 10.0. The van der Waals surface area contributed by atoms with Crippen LogP contribution in [0.5, 0.6) is 0 Å². The molecule has 0 aromatic heterocycles. The molecule has 0 aliphatic rings. The molecule has 86 valence electrons. The Balaban J connectivity index is 2.36. The van der Waals surface area contributed by atoms with Crippen molar-refractivity contribution in [3.63, 3.8) is 0 Å². The second-order valence-electron chi connectivity index (χ2n) is 3.56. The predicted octanol–water partition coefficient (Wildman–Crippen LogP) is 4.35. The molecule has 0 heterocycles. The molecule has 0 amide bonds. The van der Waals surface area contributed by atoms with E-state index < -0.39 is 0 Å². The smallest absolute Gasteiger partial charge is 0.368 e. The number of hydrogen-bond donors (Lipinski definition) is 0. The summed E-state index contributed by atoms with van der Waals surface area (Å²) in [6.45, 7) is 0. The third kappa shape index (κ3) is 3.30. The van der Waals surface area contributed by atoms with Crippen molar-refractivity contribution in [1.82, 2.24) is 0 Å². The fourth-order valence-corrected chi connectivity index (χ4v) is 1.93. The van der Waals surface area contributed by atoms with Crippen LogP contribution in [0.2, 0.25) is 0 Å². The van der Waals surface area contributed by atoms with Gasteiger partial charge in [0.15, 0.2) is 6.10 Å². The van der Waals surface area contributed by atoms with Crippen LogP contribution in [0.15, 0.2) is 60.7 Å². The second kappa shape index (κ2) is 5.82. The molecular weight excluding hydrogens is 327 g/mol. The van der Waals surface area contributed by atoms with E-state index in [1.165, 1.54) is 0 Å². The first-order valence-corrected chi connectivity index (χ1v) is 6.31. The van der Waals surface area contributed by atoms with E-state index in [2.05, 4.69) is 0 Å². The number of benzene rings is 2. The van der Waals surface area contributed by atoms with Gasteiger partial charge < -0.3 is 4.74 Å². The molecule has 0 bridgehead atoms. The minimum atomic E-state index is -0.332. The summed E-state index contributed by atoms with van der Waals surface area (Å²) in [5, 5.41) is 0. The summed E-state index contributed by atoms with van der Waals surface area (Å²) in [6, 6.07) is 19.5. The van der Waals surface area contributed by atoms with Gasteiger partial charge in [0.2, 0.25) is 0 Å². The molecule has 2 rings (SSSR count). The van der Waals surface area contributed by atoms with Crippen molar-refractivity contribution in [2.45, 2.75) is 6.10 Å². The zero-order chi connectivity index (χ0) is 12.1. The highest BCUT2D eigenvalue weighted by atomic mass is 127. The molecule has 2 nitrogen and oxygen atoms in total. The van der Waals surface area contributed by atoms with E-state index >= 15 is 0 Å². The Morgan fingerprint density at radius 2 is 1.29 bits per heavy atom. The van der Waals surface area contributed by atoms with Crippen molar-refractivity contribution in [3.05, 3.63) is 71.8 Å². The van der Waals surface area contributed by atoms with Crippen LogP contribution in [0, 0.1) is 0 Å². The fraction of sp³-hybridized carbons (Fsp3) is 0.0714. The van der Waals surface area contributed by atoms with Crippen molar-refractivity contribution in [2.24, 2.45) is 0 Å². The number of carbonyl (C=O) groups is 1. The third-order valence-electron chi connectivity index (χ3n) is 2.42. The molecule has 0 unspecified atom stereocenters. The van der Waals surface area contributed by atoms with E-state index in [9.17, 15) is 4.79 Å². The molecule has 0 radical (unpaired) electrons. The van der Waals surface area contributed by atoms with Crippen LogP contribution >= 0.6 is 22.6 Å². The Bertz CT molecular complexity index is 443. The van der Waals surface area contributed by atoms with Crippen LogP contribution in [0.1, 0.15) is 17.2 Å². The molecule has 0 saturated heterocycles. The van der Waals surface area contributed by atoms with E-state index in [-0.39, 0.29) is 10.1 Å². The SMILES string of the molecule is O=C(I)OC(c1ccccc1)c1ccccc1. The number of hydrogen-bond acceptors (Lipinski definition) is 2. The molecule has 17 heavy (non-hydrogen) atoms. The highest BCUT2D eigenvalue weighted by molar-refractivity contribution is 14.1. The topological polar surface area (TPSA) is 26.3 Å². The third-order valence-corrected chi connectivity index (χ3v) is 2.67. The standard InChI is InChI=1S/C14H11IO2/c15-14(16)17-13(11-7-3-1-4-8-11)12-9-5-2-6-10-12/h1-10,13H. The van der Waals surface area contributed by atoms with Crippen LogP contribution < -0.4 is 0 Å². The van der Waals surface area contributed by atoms with Crippen molar-refractivity contribution < 1.29 is 9.53 Å². The minimum Gasteiger partial charge on any atom is -0.445 e. The molecule has 0 fully saturated rings. The van der Waals surface area contributed by atoms with E-state index in [1.807, 2.05) is 60.7 Å². The summed E-state index contributed by atoms with van der Waals surface area (Å²) >= 11 is 1.65. The van der Waals surface area contributed by atoms with Gasteiger partial charge >= 0.3 is 3.98 Å². The number of halogens is 1. The number of carbonyl (C=O) groups excluding carboxylic acids is 1. The maximum Gasteiger partial charge on any atom is 0.368 e. The lowest BCUT2D eigenvalue weighted by Gasteiger charge is -2.17. The normalized spacial score (nSPS) is 10.2. The first kappa shape index (κ1) is 12.1. The van der Waals surface area contributed by atoms with Gasteiger partial charge in [0.25, 0.3) is 0 Å². The molecule has 0 N–H and O–H groups in total.